The van der Waals surface area contributed by atoms with E-state index in [0.29, 0.717) is 23.7 Å². The zero-order valence-electron chi connectivity index (χ0n) is 16.8. The SMILES string of the molecule is COc1cc(C(=O)N2CCCC2c2cccs2)ccc1OCc1c(C)noc1C. The smallest absolute Gasteiger partial charge is 0.254 e. The lowest BCUT2D eigenvalue weighted by atomic mass is 10.1. The lowest BCUT2D eigenvalue weighted by Gasteiger charge is -2.24. The van der Waals surface area contributed by atoms with Crippen LogP contribution in [0.2, 0.25) is 0 Å². The third-order valence-electron chi connectivity index (χ3n) is 5.35. The van der Waals surface area contributed by atoms with Gasteiger partial charge in [-0.2, -0.15) is 0 Å². The average Bonchev–Trinajstić information content (AvgIpc) is 3.48. The van der Waals surface area contributed by atoms with Crippen LogP contribution in [-0.4, -0.2) is 29.6 Å². The minimum absolute atomic E-state index is 0.0245. The largest absolute Gasteiger partial charge is 0.493 e. The Morgan fingerprint density at radius 3 is 2.86 bits per heavy atom. The highest BCUT2D eigenvalue weighted by molar-refractivity contribution is 7.10. The number of aromatic nitrogens is 1. The van der Waals surface area contributed by atoms with Crippen LogP contribution in [0.4, 0.5) is 0 Å². The Labute approximate surface area is 174 Å². The molecule has 0 saturated carbocycles. The second-order valence-corrected chi connectivity index (χ2v) is 8.11. The summed E-state index contributed by atoms with van der Waals surface area (Å²) in [5, 5.41) is 6.00. The molecule has 0 bridgehead atoms. The van der Waals surface area contributed by atoms with Gasteiger partial charge in [0, 0.05) is 17.0 Å². The van der Waals surface area contributed by atoms with Crippen LogP contribution >= 0.6 is 11.3 Å². The Bertz CT molecular complexity index is 977. The standard InChI is InChI=1S/C22H24N2O4S/c1-14-17(15(2)28-23-14)13-27-19-9-8-16(12-20(19)26-3)22(25)24-10-4-6-18(24)21-7-5-11-29-21/h5,7-9,11-12,18H,4,6,10,13H2,1-3H3. The first-order chi connectivity index (χ1) is 14.1. The Kier molecular flexibility index (Phi) is 5.58. The van der Waals surface area contributed by atoms with Gasteiger partial charge in [0.1, 0.15) is 12.4 Å². The van der Waals surface area contributed by atoms with Crippen molar-refractivity contribution in [3.05, 3.63) is 63.2 Å². The number of carbonyl (C=O) groups is 1. The molecule has 0 radical (unpaired) electrons. The molecule has 2 aromatic heterocycles. The first-order valence-corrected chi connectivity index (χ1v) is 10.5. The van der Waals surface area contributed by atoms with Gasteiger partial charge in [0.2, 0.25) is 0 Å². The number of hydrogen-bond donors (Lipinski definition) is 0. The highest BCUT2D eigenvalue weighted by atomic mass is 32.1. The summed E-state index contributed by atoms with van der Waals surface area (Å²) in [6, 6.07) is 9.65. The van der Waals surface area contributed by atoms with Gasteiger partial charge in [-0.25, -0.2) is 0 Å². The van der Waals surface area contributed by atoms with Gasteiger partial charge in [0.25, 0.3) is 5.91 Å². The zero-order valence-corrected chi connectivity index (χ0v) is 17.6. The van der Waals surface area contributed by atoms with E-state index in [1.807, 2.05) is 24.8 Å². The third-order valence-corrected chi connectivity index (χ3v) is 6.32. The molecule has 1 unspecified atom stereocenters. The first kappa shape index (κ1) is 19.5. The van der Waals surface area contributed by atoms with Crippen LogP contribution in [0.3, 0.4) is 0 Å². The number of ether oxygens (including phenoxy) is 2. The molecule has 1 amide bonds. The highest BCUT2D eigenvalue weighted by Gasteiger charge is 2.31. The molecule has 1 atom stereocenters. The van der Waals surface area contributed by atoms with E-state index in [-0.39, 0.29) is 11.9 Å². The number of likely N-dealkylation sites (tertiary alicyclic amines) is 1. The van der Waals surface area contributed by atoms with E-state index in [4.69, 9.17) is 14.0 Å². The molecule has 0 N–H and O–H groups in total. The molecule has 0 aliphatic carbocycles. The van der Waals surface area contributed by atoms with Gasteiger partial charge in [-0.15, -0.1) is 11.3 Å². The number of benzene rings is 1. The number of rotatable bonds is 6. The molecule has 1 aliphatic heterocycles. The van der Waals surface area contributed by atoms with Gasteiger partial charge in [0.15, 0.2) is 11.5 Å². The van der Waals surface area contributed by atoms with Crippen molar-refractivity contribution < 1.29 is 18.8 Å². The minimum atomic E-state index is 0.0245. The van der Waals surface area contributed by atoms with Crippen LogP contribution in [0.5, 0.6) is 11.5 Å². The molecule has 3 aromatic rings. The summed E-state index contributed by atoms with van der Waals surface area (Å²) >= 11 is 1.70. The van der Waals surface area contributed by atoms with Crippen molar-refractivity contribution in [3.8, 4) is 11.5 Å². The number of amides is 1. The molecule has 152 valence electrons. The number of nitrogens with zero attached hydrogens (tertiary/aromatic N) is 2. The number of thiophene rings is 1. The number of carbonyl (C=O) groups excluding carboxylic acids is 1. The predicted octanol–water partition coefficient (Wildman–Crippen LogP) is 4.92. The minimum Gasteiger partial charge on any atom is -0.493 e. The Morgan fingerprint density at radius 1 is 1.31 bits per heavy atom. The number of hydrogen-bond acceptors (Lipinski definition) is 6. The zero-order chi connectivity index (χ0) is 20.4. The van der Waals surface area contributed by atoms with Crippen LogP contribution < -0.4 is 9.47 Å². The van der Waals surface area contributed by atoms with E-state index < -0.39 is 0 Å². The van der Waals surface area contributed by atoms with Crippen LogP contribution in [-0.2, 0) is 6.61 Å². The van der Waals surface area contributed by atoms with Crippen molar-refractivity contribution in [1.82, 2.24) is 10.1 Å². The normalized spacial score (nSPS) is 16.2. The maximum absolute atomic E-state index is 13.2. The Hall–Kier alpha value is -2.80. The van der Waals surface area contributed by atoms with Crippen molar-refractivity contribution in [2.24, 2.45) is 0 Å². The van der Waals surface area contributed by atoms with Crippen molar-refractivity contribution in [2.45, 2.75) is 39.3 Å². The molecule has 1 fully saturated rings. The predicted molar refractivity (Wildman–Crippen MR) is 111 cm³/mol. The third kappa shape index (κ3) is 3.87. The Balaban J connectivity index is 1.52. The van der Waals surface area contributed by atoms with Gasteiger partial charge in [-0.05, 0) is 56.3 Å². The summed E-state index contributed by atoms with van der Waals surface area (Å²) in [6.07, 6.45) is 2.02. The topological polar surface area (TPSA) is 64.8 Å². The van der Waals surface area contributed by atoms with Crippen LogP contribution in [0.15, 0.2) is 40.2 Å². The van der Waals surface area contributed by atoms with E-state index in [1.54, 1.807) is 36.6 Å². The molecule has 4 rings (SSSR count). The van der Waals surface area contributed by atoms with E-state index >= 15 is 0 Å². The molecule has 0 spiro atoms. The van der Waals surface area contributed by atoms with Gasteiger partial charge in [-0.1, -0.05) is 11.2 Å². The van der Waals surface area contributed by atoms with Crippen LogP contribution in [0, 0.1) is 13.8 Å². The van der Waals surface area contributed by atoms with E-state index in [2.05, 4.69) is 16.6 Å². The Morgan fingerprint density at radius 2 is 2.17 bits per heavy atom. The fourth-order valence-corrected chi connectivity index (χ4v) is 4.60. The maximum Gasteiger partial charge on any atom is 0.254 e. The maximum atomic E-state index is 13.2. The van der Waals surface area contributed by atoms with Gasteiger partial charge >= 0.3 is 0 Å². The second-order valence-electron chi connectivity index (χ2n) is 7.13. The first-order valence-electron chi connectivity index (χ1n) is 9.65. The van der Waals surface area contributed by atoms with Gasteiger partial charge in [-0.3, -0.25) is 4.79 Å². The quantitative estimate of drug-likeness (QED) is 0.575. The molecule has 29 heavy (non-hydrogen) atoms. The summed E-state index contributed by atoms with van der Waals surface area (Å²) in [5.41, 5.74) is 2.33. The van der Waals surface area contributed by atoms with Crippen LogP contribution in [0.25, 0.3) is 0 Å². The van der Waals surface area contributed by atoms with E-state index in [1.165, 1.54) is 4.88 Å². The molecular formula is C22H24N2O4S. The number of aryl methyl sites for hydroxylation is 2. The second kappa shape index (κ2) is 8.29. The van der Waals surface area contributed by atoms with Crippen LogP contribution in [0.1, 0.15) is 51.1 Å². The van der Waals surface area contributed by atoms with Gasteiger partial charge < -0.3 is 18.9 Å². The monoisotopic (exact) mass is 412 g/mol. The lowest BCUT2D eigenvalue weighted by molar-refractivity contribution is 0.0737. The molecule has 6 nitrogen and oxygen atoms in total. The van der Waals surface area contributed by atoms with E-state index in [9.17, 15) is 4.79 Å². The summed E-state index contributed by atoms with van der Waals surface area (Å²) in [5.74, 6) is 1.88. The summed E-state index contributed by atoms with van der Waals surface area (Å²) in [4.78, 5) is 16.4. The fourth-order valence-electron chi connectivity index (χ4n) is 3.73. The molecular weight excluding hydrogens is 388 g/mol. The van der Waals surface area contributed by atoms with E-state index in [0.717, 1.165) is 36.4 Å². The number of methoxy groups -OCH3 is 1. The van der Waals surface area contributed by atoms with Gasteiger partial charge in [0.05, 0.1) is 24.4 Å². The highest BCUT2D eigenvalue weighted by Crippen LogP contribution is 2.37. The van der Waals surface area contributed by atoms with Crippen molar-refractivity contribution in [3.63, 3.8) is 0 Å². The summed E-state index contributed by atoms with van der Waals surface area (Å²) in [6.45, 7) is 4.84. The molecule has 1 saturated heterocycles. The van der Waals surface area contributed by atoms with Crippen molar-refractivity contribution in [1.29, 1.82) is 0 Å². The molecule has 1 aliphatic rings. The fraction of sp³-hybridized carbons (Fsp3) is 0.364. The lowest BCUT2D eigenvalue weighted by Crippen LogP contribution is -2.30. The van der Waals surface area contributed by atoms with Crippen molar-refractivity contribution >= 4 is 17.2 Å². The van der Waals surface area contributed by atoms with Crippen molar-refractivity contribution in [2.75, 3.05) is 13.7 Å². The molecule has 7 heteroatoms. The molecule has 3 heterocycles. The average molecular weight is 413 g/mol. The molecule has 1 aromatic carbocycles. The summed E-state index contributed by atoms with van der Waals surface area (Å²) in [7, 11) is 1.58. The summed E-state index contributed by atoms with van der Waals surface area (Å²) < 4.78 is 16.6.